The molecule has 1 atom stereocenters. The van der Waals surface area contributed by atoms with Crippen molar-refractivity contribution in [3.05, 3.63) is 0 Å². The molecule has 0 aliphatic heterocycles. The number of nitrogens with one attached hydrogen (secondary N) is 1. The van der Waals surface area contributed by atoms with E-state index in [2.05, 4.69) is 5.32 Å². The molecule has 0 aromatic carbocycles. The summed E-state index contributed by atoms with van der Waals surface area (Å²) in [5, 5.41) is 11.7. The lowest BCUT2D eigenvalue weighted by atomic mass is 9.81. The van der Waals surface area contributed by atoms with E-state index in [0.717, 1.165) is 0 Å². The topological polar surface area (TPSA) is 49.3 Å². The van der Waals surface area contributed by atoms with Gasteiger partial charge in [0.25, 0.3) is 0 Å². The van der Waals surface area contributed by atoms with Crippen molar-refractivity contribution in [3.8, 4) is 0 Å². The Morgan fingerprint density at radius 3 is 2.09 bits per heavy atom. The minimum Gasteiger partial charge on any atom is -0.481 e. The van der Waals surface area contributed by atoms with E-state index in [4.69, 9.17) is 5.11 Å². The SMILES string of the molecule is CNCC(C(=O)O)C(C)(C)C. The Balaban J connectivity index is 4.22. The lowest BCUT2D eigenvalue weighted by molar-refractivity contribution is -0.145. The van der Waals surface area contributed by atoms with Crippen LogP contribution in [0.15, 0.2) is 0 Å². The molecule has 0 aliphatic rings. The first-order valence-electron chi connectivity index (χ1n) is 3.77. The van der Waals surface area contributed by atoms with Crippen LogP contribution in [0.1, 0.15) is 20.8 Å². The Kier molecular flexibility index (Phi) is 3.52. The quantitative estimate of drug-likeness (QED) is 0.644. The van der Waals surface area contributed by atoms with E-state index >= 15 is 0 Å². The van der Waals surface area contributed by atoms with Crippen LogP contribution in [0.4, 0.5) is 0 Å². The van der Waals surface area contributed by atoms with Gasteiger partial charge in [-0.3, -0.25) is 4.79 Å². The molecule has 0 heterocycles. The highest BCUT2D eigenvalue weighted by Gasteiger charge is 2.29. The summed E-state index contributed by atoms with van der Waals surface area (Å²) >= 11 is 0. The molecule has 66 valence electrons. The van der Waals surface area contributed by atoms with Crippen molar-refractivity contribution in [3.63, 3.8) is 0 Å². The lowest BCUT2D eigenvalue weighted by Gasteiger charge is -2.26. The number of hydrogen-bond acceptors (Lipinski definition) is 2. The predicted molar refractivity (Wildman–Crippen MR) is 44.5 cm³/mol. The van der Waals surface area contributed by atoms with Crippen molar-refractivity contribution in [2.45, 2.75) is 20.8 Å². The number of rotatable bonds is 3. The minimum absolute atomic E-state index is 0.172. The third-order valence-corrected chi connectivity index (χ3v) is 1.75. The van der Waals surface area contributed by atoms with Crippen LogP contribution < -0.4 is 5.32 Å². The lowest BCUT2D eigenvalue weighted by Crippen LogP contribution is -2.36. The summed E-state index contributed by atoms with van der Waals surface area (Å²) in [7, 11) is 1.77. The van der Waals surface area contributed by atoms with Crippen molar-refractivity contribution >= 4 is 5.97 Å². The minimum atomic E-state index is -0.730. The van der Waals surface area contributed by atoms with Crippen LogP contribution >= 0.6 is 0 Å². The highest BCUT2D eigenvalue weighted by atomic mass is 16.4. The molecular weight excluding hydrogens is 142 g/mol. The molecule has 0 aromatic heterocycles. The van der Waals surface area contributed by atoms with Crippen LogP contribution in [0.5, 0.6) is 0 Å². The van der Waals surface area contributed by atoms with E-state index in [1.807, 2.05) is 20.8 Å². The van der Waals surface area contributed by atoms with E-state index < -0.39 is 5.97 Å². The van der Waals surface area contributed by atoms with Gasteiger partial charge in [0, 0.05) is 6.54 Å². The monoisotopic (exact) mass is 159 g/mol. The first-order chi connectivity index (χ1) is 4.89. The predicted octanol–water partition coefficient (Wildman–Crippen LogP) is 0.953. The van der Waals surface area contributed by atoms with Crippen LogP contribution in [-0.2, 0) is 4.79 Å². The number of carbonyl (C=O) groups is 1. The second-order valence-corrected chi connectivity index (χ2v) is 3.81. The molecule has 0 aromatic rings. The Bertz CT molecular complexity index is 138. The van der Waals surface area contributed by atoms with Crippen molar-refractivity contribution in [2.75, 3.05) is 13.6 Å². The van der Waals surface area contributed by atoms with E-state index in [1.165, 1.54) is 0 Å². The fourth-order valence-corrected chi connectivity index (χ4v) is 0.968. The molecule has 3 nitrogen and oxygen atoms in total. The zero-order valence-electron chi connectivity index (χ0n) is 7.64. The van der Waals surface area contributed by atoms with Gasteiger partial charge in [-0.05, 0) is 12.5 Å². The number of carboxylic acids is 1. The van der Waals surface area contributed by atoms with Gasteiger partial charge in [0.1, 0.15) is 0 Å². The van der Waals surface area contributed by atoms with Crippen LogP contribution in [-0.4, -0.2) is 24.7 Å². The molecule has 0 spiro atoms. The zero-order valence-corrected chi connectivity index (χ0v) is 7.64. The fraction of sp³-hybridized carbons (Fsp3) is 0.875. The normalized spacial score (nSPS) is 14.5. The summed E-state index contributed by atoms with van der Waals surface area (Å²) in [5.41, 5.74) is -0.172. The first kappa shape index (κ1) is 10.4. The van der Waals surface area contributed by atoms with E-state index in [1.54, 1.807) is 7.05 Å². The second kappa shape index (κ2) is 3.72. The van der Waals surface area contributed by atoms with Crippen LogP contribution in [0.25, 0.3) is 0 Å². The first-order valence-corrected chi connectivity index (χ1v) is 3.77. The summed E-state index contributed by atoms with van der Waals surface area (Å²) < 4.78 is 0. The molecular formula is C8H17NO2. The highest BCUT2D eigenvalue weighted by molar-refractivity contribution is 5.71. The van der Waals surface area contributed by atoms with Gasteiger partial charge in [-0.1, -0.05) is 20.8 Å². The number of aliphatic carboxylic acids is 1. The number of carboxylic acid groups (broad SMARTS) is 1. The van der Waals surface area contributed by atoms with Gasteiger partial charge in [-0.25, -0.2) is 0 Å². The average Bonchev–Trinajstić information content (AvgIpc) is 1.79. The Morgan fingerprint density at radius 1 is 1.55 bits per heavy atom. The van der Waals surface area contributed by atoms with E-state index in [0.29, 0.717) is 6.54 Å². The van der Waals surface area contributed by atoms with E-state index in [9.17, 15) is 4.79 Å². The third-order valence-electron chi connectivity index (χ3n) is 1.75. The van der Waals surface area contributed by atoms with E-state index in [-0.39, 0.29) is 11.3 Å². The summed E-state index contributed by atoms with van der Waals surface area (Å²) in [5.74, 6) is -1.04. The van der Waals surface area contributed by atoms with Gasteiger partial charge in [-0.15, -0.1) is 0 Å². The summed E-state index contributed by atoms with van der Waals surface area (Å²) in [4.78, 5) is 10.7. The molecule has 0 fully saturated rings. The Morgan fingerprint density at radius 2 is 2.00 bits per heavy atom. The van der Waals surface area contributed by atoms with Gasteiger partial charge in [-0.2, -0.15) is 0 Å². The molecule has 1 unspecified atom stereocenters. The highest BCUT2D eigenvalue weighted by Crippen LogP contribution is 2.25. The largest absolute Gasteiger partial charge is 0.481 e. The zero-order chi connectivity index (χ0) is 9.07. The molecule has 2 N–H and O–H groups in total. The van der Waals surface area contributed by atoms with Crippen molar-refractivity contribution in [1.82, 2.24) is 5.32 Å². The maximum absolute atomic E-state index is 10.7. The molecule has 0 saturated carbocycles. The molecule has 0 rings (SSSR count). The molecule has 0 aliphatic carbocycles. The Labute approximate surface area is 67.8 Å². The molecule has 3 heteroatoms. The number of hydrogen-bond donors (Lipinski definition) is 2. The van der Waals surface area contributed by atoms with Crippen molar-refractivity contribution in [1.29, 1.82) is 0 Å². The Hall–Kier alpha value is -0.570. The van der Waals surface area contributed by atoms with Crippen molar-refractivity contribution < 1.29 is 9.90 Å². The van der Waals surface area contributed by atoms with Gasteiger partial charge < -0.3 is 10.4 Å². The van der Waals surface area contributed by atoms with Crippen LogP contribution in [0, 0.1) is 11.3 Å². The maximum Gasteiger partial charge on any atom is 0.308 e. The average molecular weight is 159 g/mol. The van der Waals surface area contributed by atoms with Crippen LogP contribution in [0.2, 0.25) is 0 Å². The molecule has 11 heavy (non-hydrogen) atoms. The smallest absolute Gasteiger partial charge is 0.308 e. The second-order valence-electron chi connectivity index (χ2n) is 3.81. The summed E-state index contributed by atoms with van der Waals surface area (Å²) in [6, 6.07) is 0. The fourth-order valence-electron chi connectivity index (χ4n) is 0.968. The van der Waals surface area contributed by atoms with Gasteiger partial charge in [0.2, 0.25) is 0 Å². The summed E-state index contributed by atoms with van der Waals surface area (Å²) in [6.07, 6.45) is 0. The van der Waals surface area contributed by atoms with Crippen molar-refractivity contribution in [2.24, 2.45) is 11.3 Å². The maximum atomic E-state index is 10.7. The van der Waals surface area contributed by atoms with Gasteiger partial charge in [0.05, 0.1) is 5.92 Å². The molecule has 0 amide bonds. The van der Waals surface area contributed by atoms with Gasteiger partial charge >= 0.3 is 5.97 Å². The molecule has 0 bridgehead atoms. The third kappa shape index (κ3) is 3.37. The standard InChI is InChI=1S/C8H17NO2/c1-8(2,3)6(5-9-4)7(10)11/h6,9H,5H2,1-4H3,(H,10,11). The van der Waals surface area contributed by atoms with Gasteiger partial charge in [0.15, 0.2) is 0 Å². The molecule has 0 radical (unpaired) electrons. The molecule has 0 saturated heterocycles. The van der Waals surface area contributed by atoms with Crippen LogP contribution in [0.3, 0.4) is 0 Å². The summed E-state index contributed by atoms with van der Waals surface area (Å²) in [6.45, 7) is 6.33.